The number of nitrogens with one attached hydrogen (secondary N) is 1. The van der Waals surface area contributed by atoms with Gasteiger partial charge in [-0.15, -0.1) is 0 Å². The summed E-state index contributed by atoms with van der Waals surface area (Å²) in [6.07, 6.45) is 4.15. The van der Waals surface area contributed by atoms with Crippen LogP contribution in [0, 0.1) is 0 Å². The minimum atomic E-state index is -0.509. The number of rotatable bonds is 11. The van der Waals surface area contributed by atoms with E-state index in [2.05, 4.69) is 5.32 Å². The molecule has 0 bridgehead atoms. The Kier molecular flexibility index (Phi) is 8.94. The van der Waals surface area contributed by atoms with Crippen molar-refractivity contribution in [3.8, 4) is 5.75 Å². The highest BCUT2D eigenvalue weighted by Gasteiger charge is 2.28. The van der Waals surface area contributed by atoms with Crippen LogP contribution in [0.3, 0.4) is 0 Å². The maximum Gasteiger partial charge on any atom is 0.286 e. The van der Waals surface area contributed by atoms with Gasteiger partial charge in [0.15, 0.2) is 5.76 Å². The maximum absolute atomic E-state index is 12.8. The van der Waals surface area contributed by atoms with Gasteiger partial charge in [-0.1, -0.05) is 42.5 Å². The highest BCUT2D eigenvalue weighted by molar-refractivity contribution is 5.91. The second kappa shape index (κ2) is 12.1. The van der Waals surface area contributed by atoms with Gasteiger partial charge in [0.25, 0.3) is 5.91 Å². The monoisotopic (exact) mass is 425 g/mol. The van der Waals surface area contributed by atoms with Crippen molar-refractivity contribution in [1.29, 1.82) is 0 Å². The molecule has 31 heavy (non-hydrogen) atoms. The number of hydrogen-bond acceptors (Lipinski definition) is 5. The van der Waals surface area contributed by atoms with Crippen molar-refractivity contribution < 1.29 is 24.1 Å². The fourth-order valence-electron chi connectivity index (χ4n) is 3.48. The first kappa shape index (κ1) is 22.8. The molecule has 1 aliphatic rings. The molecular formula is C25H31NO5. The van der Waals surface area contributed by atoms with Gasteiger partial charge in [-0.05, 0) is 48.6 Å². The van der Waals surface area contributed by atoms with E-state index in [1.54, 1.807) is 7.11 Å². The fourth-order valence-corrected chi connectivity index (χ4v) is 3.48. The minimum Gasteiger partial charge on any atom is -0.497 e. The number of methoxy groups -OCH3 is 1. The molecule has 2 N–H and O–H groups in total. The molecule has 0 spiro atoms. The molecule has 0 radical (unpaired) electrons. The molecule has 0 saturated heterocycles. The van der Waals surface area contributed by atoms with Crippen LogP contribution in [0.2, 0.25) is 0 Å². The van der Waals surface area contributed by atoms with Crippen LogP contribution in [0.4, 0.5) is 0 Å². The van der Waals surface area contributed by atoms with E-state index in [1.807, 2.05) is 60.7 Å². The lowest BCUT2D eigenvalue weighted by Crippen LogP contribution is -2.34. The van der Waals surface area contributed by atoms with Gasteiger partial charge in [-0.3, -0.25) is 4.79 Å². The predicted molar refractivity (Wildman–Crippen MR) is 119 cm³/mol. The van der Waals surface area contributed by atoms with E-state index in [0.717, 1.165) is 24.2 Å². The lowest BCUT2D eigenvalue weighted by atomic mass is 9.93. The number of carbonyl (C=O) groups excluding carboxylic acids is 1. The predicted octanol–water partition coefficient (Wildman–Crippen LogP) is 3.56. The molecule has 2 atom stereocenters. The molecule has 6 heteroatoms. The molecule has 0 fully saturated rings. The van der Waals surface area contributed by atoms with E-state index in [4.69, 9.17) is 19.3 Å². The molecular weight excluding hydrogens is 394 g/mol. The second-order valence-electron chi connectivity index (χ2n) is 7.49. The number of carbonyl (C=O) groups is 1. The summed E-state index contributed by atoms with van der Waals surface area (Å²) < 4.78 is 17.0. The summed E-state index contributed by atoms with van der Waals surface area (Å²) >= 11 is 0. The summed E-state index contributed by atoms with van der Waals surface area (Å²) in [7, 11) is 1.64. The molecule has 166 valence electrons. The standard InChI is InChI=1S/C25H31NO5/c1-29-22-11-9-20(10-12-22)21-17-23(31-24(18-21)30-16-6-5-15-27)25(28)26-14-13-19-7-3-2-4-8-19/h2-4,7-12,17,21,24,27H,5-6,13-16,18H2,1H3,(H,26,28)/t21-,24+/m1/s1. The zero-order valence-electron chi connectivity index (χ0n) is 18.0. The average molecular weight is 426 g/mol. The van der Waals surface area contributed by atoms with Gasteiger partial charge in [0.05, 0.1) is 13.7 Å². The van der Waals surface area contributed by atoms with Gasteiger partial charge < -0.3 is 24.6 Å². The number of allylic oxidation sites excluding steroid dienone is 1. The van der Waals surface area contributed by atoms with E-state index in [1.165, 1.54) is 5.56 Å². The first-order valence-electron chi connectivity index (χ1n) is 10.8. The second-order valence-corrected chi connectivity index (χ2v) is 7.49. The van der Waals surface area contributed by atoms with Crippen LogP contribution in [-0.4, -0.2) is 44.2 Å². The number of benzene rings is 2. The van der Waals surface area contributed by atoms with Crippen molar-refractivity contribution in [2.75, 3.05) is 26.9 Å². The zero-order valence-corrected chi connectivity index (χ0v) is 18.0. The maximum atomic E-state index is 12.8. The van der Waals surface area contributed by atoms with Gasteiger partial charge in [-0.25, -0.2) is 0 Å². The molecule has 2 aromatic carbocycles. The lowest BCUT2D eigenvalue weighted by Gasteiger charge is -2.29. The number of unbranched alkanes of at least 4 members (excludes halogenated alkanes) is 1. The highest BCUT2D eigenvalue weighted by Crippen LogP contribution is 2.32. The Morgan fingerprint density at radius 1 is 1.13 bits per heavy atom. The van der Waals surface area contributed by atoms with Crippen molar-refractivity contribution >= 4 is 5.91 Å². The molecule has 1 aliphatic heterocycles. The Morgan fingerprint density at radius 3 is 2.61 bits per heavy atom. The number of amides is 1. The first-order valence-corrected chi connectivity index (χ1v) is 10.8. The summed E-state index contributed by atoms with van der Waals surface area (Å²) in [6, 6.07) is 17.9. The van der Waals surface area contributed by atoms with E-state index in [9.17, 15) is 4.79 Å². The highest BCUT2D eigenvalue weighted by atomic mass is 16.7. The van der Waals surface area contributed by atoms with Crippen LogP contribution in [0.15, 0.2) is 66.4 Å². The van der Waals surface area contributed by atoms with Gasteiger partial charge in [0.1, 0.15) is 5.75 Å². The minimum absolute atomic E-state index is 0.00243. The van der Waals surface area contributed by atoms with Gasteiger partial charge in [0.2, 0.25) is 6.29 Å². The van der Waals surface area contributed by atoms with Crippen LogP contribution >= 0.6 is 0 Å². The van der Waals surface area contributed by atoms with Crippen molar-refractivity contribution in [2.45, 2.75) is 37.9 Å². The third-order valence-electron chi connectivity index (χ3n) is 5.22. The average Bonchev–Trinajstić information content (AvgIpc) is 2.82. The molecule has 3 rings (SSSR count). The Bertz CT molecular complexity index is 835. The van der Waals surface area contributed by atoms with Crippen LogP contribution in [-0.2, 0) is 20.7 Å². The van der Waals surface area contributed by atoms with Crippen LogP contribution < -0.4 is 10.1 Å². The Balaban J connectivity index is 1.65. The molecule has 0 saturated carbocycles. The van der Waals surface area contributed by atoms with Crippen molar-refractivity contribution in [3.05, 3.63) is 77.6 Å². The molecule has 1 amide bonds. The molecule has 0 aliphatic carbocycles. The third-order valence-corrected chi connectivity index (χ3v) is 5.22. The van der Waals surface area contributed by atoms with Crippen molar-refractivity contribution in [3.63, 3.8) is 0 Å². The Hall–Kier alpha value is -2.83. The molecule has 0 aromatic heterocycles. The Morgan fingerprint density at radius 2 is 1.90 bits per heavy atom. The molecule has 1 heterocycles. The number of aliphatic hydroxyl groups excluding tert-OH is 1. The summed E-state index contributed by atoms with van der Waals surface area (Å²) in [5.41, 5.74) is 2.24. The first-order chi connectivity index (χ1) is 15.2. The summed E-state index contributed by atoms with van der Waals surface area (Å²) in [4.78, 5) is 12.8. The van der Waals surface area contributed by atoms with Crippen LogP contribution in [0.5, 0.6) is 5.75 Å². The molecule has 2 aromatic rings. The van der Waals surface area contributed by atoms with Gasteiger partial charge >= 0.3 is 0 Å². The number of ether oxygens (including phenoxy) is 3. The van der Waals surface area contributed by atoms with E-state index < -0.39 is 6.29 Å². The van der Waals surface area contributed by atoms with E-state index in [-0.39, 0.29) is 24.2 Å². The number of aliphatic hydroxyl groups is 1. The van der Waals surface area contributed by atoms with E-state index in [0.29, 0.717) is 26.0 Å². The fraction of sp³-hybridized carbons (Fsp3) is 0.400. The molecule has 6 nitrogen and oxygen atoms in total. The van der Waals surface area contributed by atoms with Gasteiger partial charge in [-0.2, -0.15) is 0 Å². The van der Waals surface area contributed by atoms with Gasteiger partial charge in [0, 0.05) is 25.5 Å². The smallest absolute Gasteiger partial charge is 0.286 e. The Labute approximate surface area is 183 Å². The normalized spacial score (nSPS) is 18.1. The third kappa shape index (κ3) is 7.12. The van der Waals surface area contributed by atoms with Crippen LogP contribution in [0.25, 0.3) is 0 Å². The zero-order chi connectivity index (χ0) is 21.9. The summed E-state index contributed by atoms with van der Waals surface area (Å²) in [5, 5.41) is 11.9. The van der Waals surface area contributed by atoms with Crippen LogP contribution in [0.1, 0.15) is 36.3 Å². The quantitative estimate of drug-likeness (QED) is 0.539. The van der Waals surface area contributed by atoms with Crippen molar-refractivity contribution in [2.24, 2.45) is 0 Å². The summed E-state index contributed by atoms with van der Waals surface area (Å²) in [5.74, 6) is 0.832. The summed E-state index contributed by atoms with van der Waals surface area (Å²) in [6.45, 7) is 1.14. The largest absolute Gasteiger partial charge is 0.497 e. The number of hydrogen-bond donors (Lipinski definition) is 2. The SMILES string of the molecule is COc1ccc([C@@H]2C=C(C(=O)NCCc3ccccc3)O[C@H](OCCCCO)C2)cc1. The lowest BCUT2D eigenvalue weighted by molar-refractivity contribution is -0.146. The molecule has 0 unspecified atom stereocenters. The van der Waals surface area contributed by atoms with E-state index >= 15 is 0 Å². The van der Waals surface area contributed by atoms with Crippen molar-refractivity contribution in [1.82, 2.24) is 5.32 Å². The topological polar surface area (TPSA) is 77.0 Å².